The number of hydrogen-bond donors (Lipinski definition) is 1. The zero-order chi connectivity index (χ0) is 14.8. The molecule has 1 saturated heterocycles. The number of rotatable bonds is 4. The third-order valence-electron chi connectivity index (χ3n) is 3.47. The van der Waals surface area contributed by atoms with Crippen molar-refractivity contribution in [2.24, 2.45) is 0 Å². The molecule has 0 radical (unpaired) electrons. The number of carbonyl (C=O) groups is 1. The van der Waals surface area contributed by atoms with Gasteiger partial charge < -0.3 is 5.32 Å². The van der Waals surface area contributed by atoms with Gasteiger partial charge in [-0.15, -0.1) is 0 Å². The van der Waals surface area contributed by atoms with Crippen molar-refractivity contribution in [1.29, 1.82) is 0 Å². The van der Waals surface area contributed by atoms with Crippen LogP contribution in [0, 0.1) is 0 Å². The van der Waals surface area contributed by atoms with E-state index in [4.69, 9.17) is 0 Å². The minimum Gasteiger partial charge on any atom is -0.350 e. The Morgan fingerprint density at radius 1 is 1.45 bits per heavy atom. The van der Waals surface area contributed by atoms with Crippen LogP contribution in [0.2, 0.25) is 0 Å². The third-order valence-corrected chi connectivity index (χ3v) is 5.87. The first-order valence-corrected chi connectivity index (χ1v) is 9.15. The van der Waals surface area contributed by atoms with Gasteiger partial charge in [0.1, 0.15) is 0 Å². The number of aryl methyl sites for hydroxylation is 1. The lowest BCUT2D eigenvalue weighted by Crippen LogP contribution is -2.47. The van der Waals surface area contributed by atoms with E-state index in [0.717, 1.165) is 10.0 Å². The lowest BCUT2D eigenvalue weighted by molar-refractivity contribution is -0.122. The van der Waals surface area contributed by atoms with Crippen molar-refractivity contribution in [1.82, 2.24) is 5.32 Å². The SMILES string of the molecule is CC1(NC(=O)CCc2cccc(Br)c2)CCS(=O)(=O)C1. The largest absolute Gasteiger partial charge is 0.350 e. The average molecular weight is 360 g/mol. The fraction of sp³-hybridized carbons (Fsp3) is 0.500. The summed E-state index contributed by atoms with van der Waals surface area (Å²) in [6.45, 7) is 1.80. The van der Waals surface area contributed by atoms with Gasteiger partial charge in [-0.2, -0.15) is 0 Å². The first-order chi connectivity index (χ1) is 9.28. The summed E-state index contributed by atoms with van der Waals surface area (Å²) in [6, 6.07) is 7.82. The number of amides is 1. The van der Waals surface area contributed by atoms with E-state index >= 15 is 0 Å². The maximum atomic E-state index is 12.0. The summed E-state index contributed by atoms with van der Waals surface area (Å²) >= 11 is 3.39. The molecular formula is C14H18BrNO3S. The number of nitrogens with one attached hydrogen (secondary N) is 1. The molecule has 1 amide bonds. The minimum absolute atomic E-state index is 0.0443. The molecule has 1 unspecified atom stereocenters. The lowest BCUT2D eigenvalue weighted by Gasteiger charge is -2.23. The van der Waals surface area contributed by atoms with Gasteiger partial charge in [0, 0.05) is 10.9 Å². The molecule has 0 spiro atoms. The molecule has 0 aromatic heterocycles. The predicted molar refractivity (Wildman–Crippen MR) is 82.3 cm³/mol. The Morgan fingerprint density at radius 2 is 2.20 bits per heavy atom. The van der Waals surface area contributed by atoms with Crippen molar-refractivity contribution in [2.75, 3.05) is 11.5 Å². The number of benzene rings is 1. The minimum atomic E-state index is -2.99. The Labute approximate surface area is 128 Å². The van der Waals surface area contributed by atoms with E-state index in [9.17, 15) is 13.2 Å². The Morgan fingerprint density at radius 3 is 2.80 bits per heavy atom. The zero-order valence-electron chi connectivity index (χ0n) is 11.4. The molecule has 1 aromatic rings. The van der Waals surface area contributed by atoms with E-state index in [2.05, 4.69) is 21.2 Å². The molecule has 6 heteroatoms. The van der Waals surface area contributed by atoms with Crippen LogP contribution in [-0.4, -0.2) is 31.4 Å². The molecule has 110 valence electrons. The highest BCUT2D eigenvalue weighted by Crippen LogP contribution is 2.23. The van der Waals surface area contributed by atoms with Crippen LogP contribution in [0.5, 0.6) is 0 Å². The van der Waals surface area contributed by atoms with E-state index < -0.39 is 15.4 Å². The highest BCUT2D eigenvalue weighted by atomic mass is 79.9. The molecule has 1 N–H and O–H groups in total. The highest BCUT2D eigenvalue weighted by molar-refractivity contribution is 9.10. The van der Waals surface area contributed by atoms with Crippen LogP contribution in [0.1, 0.15) is 25.3 Å². The quantitative estimate of drug-likeness (QED) is 0.894. The van der Waals surface area contributed by atoms with Gasteiger partial charge >= 0.3 is 0 Å². The normalized spacial score (nSPS) is 24.5. The van der Waals surface area contributed by atoms with E-state index in [1.807, 2.05) is 24.3 Å². The van der Waals surface area contributed by atoms with Gasteiger partial charge in [-0.3, -0.25) is 4.79 Å². The van der Waals surface area contributed by atoms with Gasteiger partial charge in [-0.25, -0.2) is 8.42 Å². The second-order valence-electron chi connectivity index (χ2n) is 5.58. The smallest absolute Gasteiger partial charge is 0.220 e. The van der Waals surface area contributed by atoms with Crippen LogP contribution in [-0.2, 0) is 21.1 Å². The van der Waals surface area contributed by atoms with Crippen LogP contribution in [0.15, 0.2) is 28.7 Å². The highest BCUT2D eigenvalue weighted by Gasteiger charge is 2.39. The number of carbonyl (C=O) groups excluding carboxylic acids is 1. The summed E-state index contributed by atoms with van der Waals surface area (Å²) < 4.78 is 24.0. The molecule has 1 aromatic carbocycles. The monoisotopic (exact) mass is 359 g/mol. The summed E-state index contributed by atoms with van der Waals surface area (Å²) in [5.74, 6) is 0.113. The van der Waals surface area contributed by atoms with Gasteiger partial charge in [0.15, 0.2) is 9.84 Å². The fourth-order valence-corrected chi connectivity index (χ4v) is 5.00. The molecule has 4 nitrogen and oxygen atoms in total. The first kappa shape index (κ1) is 15.5. The van der Waals surface area contributed by atoms with E-state index in [-0.39, 0.29) is 17.4 Å². The average Bonchev–Trinajstić information content (AvgIpc) is 2.61. The molecule has 1 fully saturated rings. The Bertz CT molecular complexity index is 615. The third kappa shape index (κ3) is 4.31. The van der Waals surface area contributed by atoms with Crippen molar-refractivity contribution in [2.45, 2.75) is 31.7 Å². The van der Waals surface area contributed by atoms with E-state index in [1.165, 1.54) is 0 Å². The molecular weight excluding hydrogens is 342 g/mol. The molecule has 0 saturated carbocycles. The van der Waals surface area contributed by atoms with Crippen molar-refractivity contribution in [3.63, 3.8) is 0 Å². The van der Waals surface area contributed by atoms with Gasteiger partial charge in [0.2, 0.25) is 5.91 Å². The van der Waals surface area contributed by atoms with Crippen LogP contribution in [0.4, 0.5) is 0 Å². The lowest BCUT2D eigenvalue weighted by atomic mass is 10.0. The van der Waals surface area contributed by atoms with Crippen LogP contribution in [0.3, 0.4) is 0 Å². The molecule has 2 rings (SSSR count). The van der Waals surface area contributed by atoms with E-state index in [0.29, 0.717) is 19.3 Å². The maximum Gasteiger partial charge on any atom is 0.220 e. The molecule has 1 aliphatic rings. The topological polar surface area (TPSA) is 63.2 Å². The Hall–Kier alpha value is -0.880. The summed E-state index contributed by atoms with van der Waals surface area (Å²) in [5.41, 5.74) is 0.478. The molecule has 0 aliphatic carbocycles. The second-order valence-corrected chi connectivity index (χ2v) is 8.68. The fourth-order valence-electron chi connectivity index (χ4n) is 2.46. The van der Waals surface area contributed by atoms with Crippen molar-refractivity contribution in [3.8, 4) is 0 Å². The molecule has 20 heavy (non-hydrogen) atoms. The van der Waals surface area contributed by atoms with Crippen LogP contribution >= 0.6 is 15.9 Å². The van der Waals surface area contributed by atoms with Gasteiger partial charge in [0.25, 0.3) is 0 Å². The Kier molecular flexibility index (Phi) is 4.54. The van der Waals surface area contributed by atoms with Gasteiger partial charge in [0.05, 0.1) is 17.0 Å². The molecule has 0 bridgehead atoms. The van der Waals surface area contributed by atoms with Gasteiger partial charge in [-0.1, -0.05) is 28.1 Å². The summed E-state index contributed by atoms with van der Waals surface area (Å²) in [4.78, 5) is 12.0. The second kappa shape index (κ2) is 5.85. The number of halogens is 1. The zero-order valence-corrected chi connectivity index (χ0v) is 13.8. The Balaban J connectivity index is 1.87. The summed E-state index contributed by atoms with van der Waals surface area (Å²) in [7, 11) is -2.99. The van der Waals surface area contributed by atoms with Gasteiger partial charge in [-0.05, 0) is 37.5 Å². The van der Waals surface area contributed by atoms with Crippen molar-refractivity contribution in [3.05, 3.63) is 34.3 Å². The van der Waals surface area contributed by atoms with Crippen LogP contribution in [0.25, 0.3) is 0 Å². The number of hydrogen-bond acceptors (Lipinski definition) is 3. The van der Waals surface area contributed by atoms with E-state index in [1.54, 1.807) is 6.92 Å². The van der Waals surface area contributed by atoms with Crippen molar-refractivity contribution >= 4 is 31.7 Å². The maximum absolute atomic E-state index is 12.0. The number of sulfone groups is 1. The predicted octanol–water partition coefficient (Wildman–Crippen LogP) is 2.08. The van der Waals surface area contributed by atoms with Crippen LogP contribution < -0.4 is 5.32 Å². The summed E-state index contributed by atoms with van der Waals surface area (Å²) in [6.07, 6.45) is 1.51. The standard InChI is InChI=1S/C14H18BrNO3S/c1-14(7-8-20(18,19)10-14)16-13(17)6-5-11-3-2-4-12(15)9-11/h2-4,9H,5-8,10H2,1H3,(H,16,17). The molecule has 1 atom stereocenters. The molecule has 1 aliphatic heterocycles. The van der Waals surface area contributed by atoms with Crippen molar-refractivity contribution < 1.29 is 13.2 Å². The first-order valence-electron chi connectivity index (χ1n) is 6.54. The molecule has 1 heterocycles. The summed E-state index contributed by atoms with van der Waals surface area (Å²) in [5, 5.41) is 2.87.